The van der Waals surface area contributed by atoms with Gasteiger partial charge >= 0.3 is 0 Å². The van der Waals surface area contributed by atoms with Crippen molar-refractivity contribution in [2.75, 3.05) is 36.4 Å². The molecule has 1 N–H and O–H groups in total. The van der Waals surface area contributed by atoms with Gasteiger partial charge in [-0.2, -0.15) is 0 Å². The lowest BCUT2D eigenvalue weighted by Gasteiger charge is -2.49. The van der Waals surface area contributed by atoms with Crippen molar-refractivity contribution >= 4 is 23.2 Å². The van der Waals surface area contributed by atoms with Crippen LogP contribution in [0.15, 0.2) is 48.7 Å². The van der Waals surface area contributed by atoms with Gasteiger partial charge in [-0.05, 0) is 44.0 Å². The molecule has 2 amide bonds. The highest BCUT2D eigenvalue weighted by molar-refractivity contribution is 5.97. The van der Waals surface area contributed by atoms with Crippen molar-refractivity contribution in [1.82, 2.24) is 9.88 Å². The fourth-order valence-electron chi connectivity index (χ4n) is 4.50. The second-order valence-corrected chi connectivity index (χ2v) is 8.51. The predicted octanol–water partition coefficient (Wildman–Crippen LogP) is 2.87. The third-order valence-electron chi connectivity index (χ3n) is 6.14. The topological polar surface area (TPSA) is 74.8 Å². The van der Waals surface area contributed by atoms with Gasteiger partial charge in [-0.1, -0.05) is 18.2 Å². The van der Waals surface area contributed by atoms with Crippen LogP contribution in [-0.2, 0) is 20.7 Å². The molecular weight excluding hydrogens is 392 g/mol. The van der Waals surface area contributed by atoms with Crippen molar-refractivity contribution in [3.05, 3.63) is 54.4 Å². The summed E-state index contributed by atoms with van der Waals surface area (Å²) in [5.74, 6) is -0.0485. The second kappa shape index (κ2) is 9.16. The molecular formula is C24H30N4O3. The fourth-order valence-corrected chi connectivity index (χ4v) is 4.50. The minimum Gasteiger partial charge on any atom is -0.360 e. The molecule has 31 heavy (non-hydrogen) atoms. The average Bonchev–Trinajstić information content (AvgIpc) is 2.76. The maximum absolute atomic E-state index is 12.7. The first-order valence-electron chi connectivity index (χ1n) is 10.9. The predicted molar refractivity (Wildman–Crippen MR) is 120 cm³/mol. The van der Waals surface area contributed by atoms with Crippen molar-refractivity contribution in [2.45, 2.75) is 44.8 Å². The second-order valence-electron chi connectivity index (χ2n) is 8.51. The van der Waals surface area contributed by atoms with E-state index in [1.165, 1.54) is 6.92 Å². The largest absolute Gasteiger partial charge is 0.360 e. The van der Waals surface area contributed by atoms with Crippen LogP contribution in [0.25, 0.3) is 0 Å². The number of rotatable bonds is 5. The zero-order valence-electron chi connectivity index (χ0n) is 18.2. The van der Waals surface area contributed by atoms with Gasteiger partial charge in [0.15, 0.2) is 0 Å². The van der Waals surface area contributed by atoms with Gasteiger partial charge in [0.1, 0.15) is 6.10 Å². The van der Waals surface area contributed by atoms with Crippen LogP contribution < -0.4 is 10.2 Å². The van der Waals surface area contributed by atoms with Crippen molar-refractivity contribution in [3.63, 3.8) is 0 Å². The molecule has 0 saturated carbocycles. The van der Waals surface area contributed by atoms with Crippen LogP contribution in [0.3, 0.4) is 0 Å². The normalized spacial score (nSPS) is 21.3. The van der Waals surface area contributed by atoms with Gasteiger partial charge < -0.3 is 19.9 Å². The number of carbonyl (C=O) groups is 2. The molecule has 1 aromatic carbocycles. The molecule has 1 unspecified atom stereocenters. The van der Waals surface area contributed by atoms with Gasteiger partial charge in [-0.15, -0.1) is 0 Å². The van der Waals surface area contributed by atoms with Gasteiger partial charge in [0.25, 0.3) is 5.91 Å². The Bertz CT molecular complexity index is 925. The number of aromatic nitrogens is 1. The number of ether oxygens (including phenoxy) is 1. The van der Waals surface area contributed by atoms with Crippen LogP contribution in [0, 0.1) is 0 Å². The summed E-state index contributed by atoms with van der Waals surface area (Å²) in [7, 11) is 0. The SMILES string of the molecule is CC(=O)Nc1ccnc(CCN2CCC3(CC2)CN(c2ccccc2)C(=O)C(C)O3)c1. The zero-order chi connectivity index (χ0) is 21.8. The van der Waals surface area contributed by atoms with E-state index >= 15 is 0 Å². The Balaban J connectivity index is 1.34. The number of morpholine rings is 1. The molecule has 164 valence electrons. The van der Waals surface area contributed by atoms with Crippen LogP contribution in [0.2, 0.25) is 0 Å². The van der Waals surface area contributed by atoms with E-state index < -0.39 is 6.10 Å². The lowest BCUT2D eigenvalue weighted by Crippen LogP contribution is -2.61. The van der Waals surface area contributed by atoms with E-state index in [1.807, 2.05) is 48.2 Å². The summed E-state index contributed by atoms with van der Waals surface area (Å²) in [6, 6.07) is 13.6. The monoisotopic (exact) mass is 422 g/mol. The minimum absolute atomic E-state index is 0.0318. The van der Waals surface area contributed by atoms with Gasteiger partial charge in [0.2, 0.25) is 5.91 Å². The molecule has 1 atom stereocenters. The standard InChI is InChI=1S/C24H30N4O3/c1-18-23(30)28(22-6-4-3-5-7-22)17-24(31-18)10-14-27(15-11-24)13-9-20-16-21(8-12-25-20)26-19(2)29/h3-8,12,16,18H,9-11,13-15,17H2,1-2H3,(H,25,26,29). The summed E-state index contributed by atoms with van der Waals surface area (Å²) < 4.78 is 6.27. The molecule has 2 aliphatic heterocycles. The number of hydrogen-bond donors (Lipinski definition) is 1. The Morgan fingerprint density at radius 1 is 1.23 bits per heavy atom. The lowest BCUT2D eigenvalue weighted by atomic mass is 9.88. The number of benzene rings is 1. The summed E-state index contributed by atoms with van der Waals surface area (Å²) in [5.41, 5.74) is 2.40. The Hall–Kier alpha value is -2.77. The van der Waals surface area contributed by atoms with E-state index in [0.29, 0.717) is 6.54 Å². The Labute approximate surface area is 183 Å². The third-order valence-corrected chi connectivity index (χ3v) is 6.14. The molecule has 2 saturated heterocycles. The van der Waals surface area contributed by atoms with Gasteiger partial charge in [0, 0.05) is 56.2 Å². The Morgan fingerprint density at radius 3 is 2.68 bits per heavy atom. The van der Waals surface area contributed by atoms with E-state index in [1.54, 1.807) is 12.3 Å². The summed E-state index contributed by atoms with van der Waals surface area (Å²) >= 11 is 0. The molecule has 1 aromatic heterocycles. The van der Waals surface area contributed by atoms with Crippen LogP contribution in [0.1, 0.15) is 32.4 Å². The smallest absolute Gasteiger partial charge is 0.255 e. The number of para-hydroxylation sites is 1. The Morgan fingerprint density at radius 2 is 1.97 bits per heavy atom. The molecule has 2 aromatic rings. The summed E-state index contributed by atoms with van der Waals surface area (Å²) in [6.45, 7) is 6.73. The average molecular weight is 423 g/mol. The van der Waals surface area contributed by atoms with Crippen molar-refractivity contribution in [2.24, 2.45) is 0 Å². The maximum atomic E-state index is 12.7. The number of carbonyl (C=O) groups excluding carboxylic acids is 2. The molecule has 7 nitrogen and oxygen atoms in total. The zero-order valence-corrected chi connectivity index (χ0v) is 18.2. The highest BCUT2D eigenvalue weighted by Crippen LogP contribution is 2.35. The van der Waals surface area contributed by atoms with E-state index in [4.69, 9.17) is 4.74 Å². The summed E-state index contributed by atoms with van der Waals surface area (Å²) in [6.07, 6.45) is 3.92. The van der Waals surface area contributed by atoms with Crippen LogP contribution in [-0.4, -0.2) is 59.6 Å². The number of pyridine rings is 1. The molecule has 0 aliphatic carbocycles. The molecule has 0 radical (unpaired) electrons. The lowest BCUT2D eigenvalue weighted by molar-refractivity contribution is -0.161. The molecule has 0 bridgehead atoms. The first kappa shape index (κ1) is 21.5. The summed E-state index contributed by atoms with van der Waals surface area (Å²) in [4.78, 5) is 32.7. The number of hydrogen-bond acceptors (Lipinski definition) is 5. The molecule has 2 aliphatic rings. The first-order chi connectivity index (χ1) is 14.9. The van der Waals surface area contributed by atoms with E-state index in [9.17, 15) is 9.59 Å². The molecule has 4 rings (SSSR count). The fraction of sp³-hybridized carbons (Fsp3) is 0.458. The molecule has 3 heterocycles. The van der Waals surface area contributed by atoms with Gasteiger partial charge in [0.05, 0.1) is 12.1 Å². The summed E-state index contributed by atoms with van der Waals surface area (Å²) in [5, 5.41) is 2.81. The highest BCUT2D eigenvalue weighted by atomic mass is 16.5. The van der Waals surface area contributed by atoms with Crippen LogP contribution in [0.5, 0.6) is 0 Å². The van der Waals surface area contributed by atoms with E-state index in [-0.39, 0.29) is 17.4 Å². The van der Waals surface area contributed by atoms with Crippen molar-refractivity contribution in [1.29, 1.82) is 0 Å². The Kier molecular flexibility index (Phi) is 6.34. The highest BCUT2D eigenvalue weighted by Gasteiger charge is 2.45. The number of likely N-dealkylation sites (tertiary alicyclic amines) is 1. The number of nitrogens with zero attached hydrogens (tertiary/aromatic N) is 3. The van der Waals surface area contributed by atoms with Crippen LogP contribution in [0.4, 0.5) is 11.4 Å². The number of nitrogens with one attached hydrogen (secondary N) is 1. The quantitative estimate of drug-likeness (QED) is 0.802. The number of anilines is 2. The van der Waals surface area contributed by atoms with Gasteiger partial charge in [-0.25, -0.2) is 0 Å². The minimum atomic E-state index is -0.429. The number of amides is 2. The van der Waals surface area contributed by atoms with Crippen molar-refractivity contribution < 1.29 is 14.3 Å². The van der Waals surface area contributed by atoms with Gasteiger partial charge in [-0.3, -0.25) is 14.6 Å². The van der Waals surface area contributed by atoms with Crippen LogP contribution >= 0.6 is 0 Å². The van der Waals surface area contributed by atoms with E-state index in [0.717, 1.165) is 56.0 Å². The van der Waals surface area contributed by atoms with E-state index in [2.05, 4.69) is 15.2 Å². The first-order valence-corrected chi connectivity index (χ1v) is 10.9. The number of piperidine rings is 1. The maximum Gasteiger partial charge on any atom is 0.255 e. The molecule has 2 fully saturated rings. The molecule has 1 spiro atoms. The molecule has 7 heteroatoms. The van der Waals surface area contributed by atoms with Crippen molar-refractivity contribution in [3.8, 4) is 0 Å². The third kappa shape index (κ3) is 5.11.